The quantitative estimate of drug-likeness (QED) is 0.232. The summed E-state index contributed by atoms with van der Waals surface area (Å²) in [6, 6.07) is 29.9. The summed E-state index contributed by atoms with van der Waals surface area (Å²) in [5.41, 5.74) is 6.05. The van der Waals surface area contributed by atoms with Crippen molar-refractivity contribution in [1.29, 1.82) is 0 Å². The molecule has 0 radical (unpaired) electrons. The van der Waals surface area contributed by atoms with Crippen LogP contribution in [0, 0.1) is 0 Å². The Morgan fingerprint density at radius 2 is 1.36 bits per heavy atom. The highest BCUT2D eigenvalue weighted by Crippen LogP contribution is 2.42. The topological polar surface area (TPSA) is 89.4 Å². The van der Waals surface area contributed by atoms with Gasteiger partial charge < -0.3 is 14.8 Å². The SMILES string of the molecule is CC.COc1ccc(-c2c(Nc3ccn[nH]3)nc3c(-c4ccccc4)c(-c4ccccc4)nn3c2OC)cc1. The van der Waals surface area contributed by atoms with Crippen molar-refractivity contribution in [3.63, 3.8) is 0 Å². The van der Waals surface area contributed by atoms with E-state index < -0.39 is 0 Å². The first-order chi connectivity index (χ1) is 19.3. The van der Waals surface area contributed by atoms with Crippen LogP contribution in [-0.2, 0) is 0 Å². The smallest absolute Gasteiger partial charge is 0.228 e. The zero-order valence-electron chi connectivity index (χ0n) is 22.3. The van der Waals surface area contributed by atoms with E-state index in [0.29, 0.717) is 23.2 Å². The third-order valence-electron chi connectivity index (χ3n) is 6.16. The normalized spacial score (nSPS) is 10.6. The van der Waals surface area contributed by atoms with Gasteiger partial charge in [0.15, 0.2) is 5.65 Å². The first-order valence-corrected chi connectivity index (χ1v) is 12.8. The largest absolute Gasteiger partial charge is 0.497 e. The molecule has 6 rings (SSSR count). The molecule has 0 aliphatic rings. The van der Waals surface area contributed by atoms with Crippen molar-refractivity contribution in [1.82, 2.24) is 24.8 Å². The Bertz CT molecular complexity index is 1650. The summed E-state index contributed by atoms with van der Waals surface area (Å²) in [6.07, 6.45) is 1.69. The van der Waals surface area contributed by atoms with Crippen molar-refractivity contribution < 1.29 is 9.47 Å². The number of rotatable bonds is 7. The standard InChI is InChI=1S/C29H24N6O2.C2H6/c1-36-22-15-13-20(14-16-22)25-27(31-23-17-18-30-33-23)32-28-24(19-9-5-3-6-10-19)26(21-11-7-4-8-12-21)34-35(28)29(25)37-2;1-2/h3-18H,1-2H3,(H2,30,31,32,33);1-2H3. The van der Waals surface area contributed by atoms with Crippen LogP contribution in [0.5, 0.6) is 11.6 Å². The molecule has 8 nitrogen and oxygen atoms in total. The van der Waals surface area contributed by atoms with Gasteiger partial charge in [0.1, 0.15) is 23.1 Å². The van der Waals surface area contributed by atoms with Gasteiger partial charge in [0.25, 0.3) is 0 Å². The van der Waals surface area contributed by atoms with E-state index in [1.165, 1.54) is 0 Å². The van der Waals surface area contributed by atoms with Gasteiger partial charge in [0, 0.05) is 11.6 Å². The Morgan fingerprint density at radius 3 is 1.95 bits per heavy atom. The maximum atomic E-state index is 6.03. The molecule has 0 saturated heterocycles. The monoisotopic (exact) mass is 518 g/mol. The predicted octanol–water partition coefficient (Wildman–Crippen LogP) is 7.24. The van der Waals surface area contributed by atoms with Crippen LogP contribution in [0.25, 0.3) is 39.2 Å². The number of nitrogens with zero attached hydrogens (tertiary/aromatic N) is 4. The fourth-order valence-corrected chi connectivity index (χ4v) is 4.44. The van der Waals surface area contributed by atoms with E-state index >= 15 is 0 Å². The molecule has 3 heterocycles. The summed E-state index contributed by atoms with van der Waals surface area (Å²) in [4.78, 5) is 5.13. The number of nitrogens with one attached hydrogen (secondary N) is 2. The van der Waals surface area contributed by atoms with E-state index in [0.717, 1.165) is 39.3 Å². The van der Waals surface area contributed by atoms with Crippen molar-refractivity contribution in [3.05, 3.63) is 97.2 Å². The average Bonchev–Trinajstić information content (AvgIpc) is 3.66. The Hall–Kier alpha value is -5.11. The molecule has 0 aliphatic heterocycles. The Balaban J connectivity index is 0.00000151. The van der Waals surface area contributed by atoms with Gasteiger partial charge in [-0.25, -0.2) is 4.98 Å². The molecule has 0 amide bonds. The lowest BCUT2D eigenvalue weighted by Crippen LogP contribution is -2.06. The van der Waals surface area contributed by atoms with Gasteiger partial charge in [-0.05, 0) is 23.3 Å². The van der Waals surface area contributed by atoms with Crippen molar-refractivity contribution >= 4 is 17.3 Å². The van der Waals surface area contributed by atoms with E-state index in [2.05, 4.69) is 39.8 Å². The molecule has 0 atom stereocenters. The number of hydrogen-bond donors (Lipinski definition) is 2. The van der Waals surface area contributed by atoms with Crippen LogP contribution >= 0.6 is 0 Å². The van der Waals surface area contributed by atoms with Crippen LogP contribution in [0.2, 0.25) is 0 Å². The molecule has 0 bridgehead atoms. The number of aromatic amines is 1. The van der Waals surface area contributed by atoms with E-state index in [1.54, 1.807) is 24.9 Å². The number of anilines is 2. The van der Waals surface area contributed by atoms with Gasteiger partial charge in [-0.2, -0.15) is 14.7 Å². The summed E-state index contributed by atoms with van der Waals surface area (Å²) in [5, 5.41) is 15.5. The third kappa shape index (κ3) is 4.92. The van der Waals surface area contributed by atoms with Gasteiger partial charge in [-0.15, -0.1) is 0 Å². The molecule has 0 saturated carbocycles. The van der Waals surface area contributed by atoms with Gasteiger partial charge in [-0.1, -0.05) is 86.6 Å². The fourth-order valence-electron chi connectivity index (χ4n) is 4.44. The number of methoxy groups -OCH3 is 2. The van der Waals surface area contributed by atoms with Gasteiger partial charge >= 0.3 is 0 Å². The second-order valence-corrected chi connectivity index (χ2v) is 8.36. The van der Waals surface area contributed by atoms with Crippen molar-refractivity contribution in [2.45, 2.75) is 13.8 Å². The molecular weight excluding hydrogens is 488 g/mol. The lowest BCUT2D eigenvalue weighted by atomic mass is 10.0. The molecule has 6 aromatic rings. The Labute approximate surface area is 227 Å². The number of fused-ring (bicyclic) bond motifs is 1. The Kier molecular flexibility index (Phi) is 7.54. The summed E-state index contributed by atoms with van der Waals surface area (Å²) in [6.45, 7) is 4.00. The molecule has 0 unspecified atom stereocenters. The predicted molar refractivity (Wildman–Crippen MR) is 156 cm³/mol. The minimum atomic E-state index is 0.552. The van der Waals surface area contributed by atoms with E-state index in [1.807, 2.05) is 80.6 Å². The zero-order chi connectivity index (χ0) is 27.2. The molecule has 3 aromatic heterocycles. The third-order valence-corrected chi connectivity index (χ3v) is 6.16. The highest BCUT2D eigenvalue weighted by Gasteiger charge is 2.25. The van der Waals surface area contributed by atoms with Crippen LogP contribution in [0.15, 0.2) is 97.2 Å². The number of ether oxygens (including phenoxy) is 2. The average molecular weight is 519 g/mol. The molecule has 196 valence electrons. The molecule has 39 heavy (non-hydrogen) atoms. The van der Waals surface area contributed by atoms with Crippen molar-refractivity contribution in [2.75, 3.05) is 19.5 Å². The first kappa shape index (κ1) is 25.5. The van der Waals surface area contributed by atoms with E-state index in [4.69, 9.17) is 19.6 Å². The van der Waals surface area contributed by atoms with Gasteiger partial charge in [-0.3, -0.25) is 5.10 Å². The molecule has 3 aromatic carbocycles. The lowest BCUT2D eigenvalue weighted by molar-refractivity contribution is 0.387. The van der Waals surface area contributed by atoms with E-state index in [-0.39, 0.29) is 0 Å². The maximum absolute atomic E-state index is 6.03. The second kappa shape index (κ2) is 11.5. The summed E-state index contributed by atoms with van der Waals surface area (Å²) in [7, 11) is 3.29. The minimum absolute atomic E-state index is 0.552. The van der Waals surface area contributed by atoms with Crippen molar-refractivity contribution in [2.24, 2.45) is 0 Å². The summed E-state index contributed by atoms with van der Waals surface area (Å²) >= 11 is 0. The van der Waals surface area contributed by atoms with Crippen LogP contribution in [0.3, 0.4) is 0 Å². The number of hydrogen-bond acceptors (Lipinski definition) is 6. The second-order valence-electron chi connectivity index (χ2n) is 8.36. The number of benzene rings is 3. The first-order valence-electron chi connectivity index (χ1n) is 12.8. The van der Waals surface area contributed by atoms with Crippen molar-refractivity contribution in [3.8, 4) is 45.1 Å². The highest BCUT2D eigenvalue weighted by molar-refractivity contribution is 5.93. The minimum Gasteiger partial charge on any atom is -0.497 e. The van der Waals surface area contributed by atoms with Crippen LogP contribution < -0.4 is 14.8 Å². The maximum Gasteiger partial charge on any atom is 0.228 e. The van der Waals surface area contributed by atoms with Crippen LogP contribution in [0.1, 0.15) is 13.8 Å². The summed E-state index contributed by atoms with van der Waals surface area (Å²) < 4.78 is 13.2. The van der Waals surface area contributed by atoms with E-state index in [9.17, 15) is 0 Å². The Morgan fingerprint density at radius 1 is 0.718 bits per heavy atom. The van der Waals surface area contributed by atoms with Gasteiger partial charge in [0.05, 0.1) is 31.5 Å². The molecule has 0 fully saturated rings. The zero-order valence-corrected chi connectivity index (χ0v) is 22.3. The molecule has 8 heteroatoms. The fraction of sp³-hybridized carbons (Fsp3) is 0.129. The molecule has 0 spiro atoms. The van der Waals surface area contributed by atoms with Crippen LogP contribution in [0.4, 0.5) is 11.6 Å². The highest BCUT2D eigenvalue weighted by atomic mass is 16.5. The molecule has 2 N–H and O–H groups in total. The lowest BCUT2D eigenvalue weighted by Gasteiger charge is -2.16. The van der Waals surface area contributed by atoms with Gasteiger partial charge in [0.2, 0.25) is 5.88 Å². The molecule has 0 aliphatic carbocycles. The van der Waals surface area contributed by atoms with Crippen LogP contribution in [-0.4, -0.2) is 39.0 Å². The summed E-state index contributed by atoms with van der Waals surface area (Å²) in [5.74, 6) is 2.63. The molecular formula is C31H30N6O2. The number of aromatic nitrogens is 5. The number of H-pyrrole nitrogens is 1.